The molecule has 12 atom stereocenters. The smallest absolute Gasteiger partial charge is 0.424 e. The molecule has 0 unspecified atom stereocenters. The van der Waals surface area contributed by atoms with E-state index in [4.69, 9.17) is 23.7 Å². The minimum absolute atomic E-state index is 0.0582. The molecule has 0 spiro atoms. The summed E-state index contributed by atoms with van der Waals surface area (Å²) in [7, 11) is 9.49. The maximum absolute atomic E-state index is 14.9. The van der Waals surface area contributed by atoms with Gasteiger partial charge >= 0.3 is 18.2 Å². The van der Waals surface area contributed by atoms with Gasteiger partial charge in [0.1, 0.15) is 43.0 Å². The fourth-order valence-electron chi connectivity index (χ4n) is 16.0. The number of carbonyl (C=O) groups excluding carboxylic acids is 11. The predicted molar refractivity (Wildman–Crippen MR) is 462 cm³/mol. The number of nitrogens with one attached hydrogen (secondary N) is 6. The van der Waals surface area contributed by atoms with E-state index in [1.807, 2.05) is 73.0 Å². The van der Waals surface area contributed by atoms with E-state index in [2.05, 4.69) is 56.2 Å². The number of likely N-dealkylation sites (tertiary alicyclic amines) is 1. The van der Waals surface area contributed by atoms with Gasteiger partial charge < -0.3 is 75.1 Å². The van der Waals surface area contributed by atoms with Crippen molar-refractivity contribution < 1.29 is 81.5 Å². The Hall–Kier alpha value is -10.8. The van der Waals surface area contributed by atoms with E-state index in [0.29, 0.717) is 48.3 Å². The molecule has 6 aromatic rings. The summed E-state index contributed by atoms with van der Waals surface area (Å²) in [6, 6.07) is 33.0. The summed E-state index contributed by atoms with van der Waals surface area (Å²) in [4.78, 5) is 157. The van der Waals surface area contributed by atoms with Crippen molar-refractivity contribution in [1.82, 2.24) is 50.6 Å². The number of carbonyl (C=O) groups is 11. The summed E-state index contributed by atoms with van der Waals surface area (Å²) in [6.45, 7) is 25.8. The Morgan fingerprint density at radius 3 is 1.81 bits per heavy atom. The molecule has 0 bridgehead atoms. The first kappa shape index (κ1) is 95.7. The lowest BCUT2D eigenvalue weighted by molar-refractivity contribution is -0.155. The molecule has 1 aromatic heterocycles. The number of nitrogens with zero attached hydrogens (tertiary/aromatic N) is 6. The Morgan fingerprint density at radius 2 is 1.21 bits per heavy atom. The Bertz CT molecular complexity index is 4520. The van der Waals surface area contributed by atoms with Crippen LogP contribution in [0, 0.1) is 29.6 Å². The van der Waals surface area contributed by atoms with Crippen LogP contribution in [0.1, 0.15) is 182 Å². The molecule has 29 heteroatoms. The highest BCUT2D eigenvalue weighted by atomic mass is 16.6. The molecule has 10 amide bonds. The number of aryl methyl sites for hydroxylation is 1. The number of methoxy groups -OCH3 is 2. The summed E-state index contributed by atoms with van der Waals surface area (Å²) >= 11 is 0. The molecule has 7 N–H and O–H groups in total. The fraction of sp³-hybridized carbons (Fsp3) is 0.533. The minimum atomic E-state index is -1.09. The highest BCUT2D eigenvalue weighted by molar-refractivity contribution is 5.99. The van der Waals surface area contributed by atoms with E-state index in [-0.39, 0.29) is 81.6 Å². The number of ether oxygens (including phenoxy) is 5. The highest BCUT2D eigenvalue weighted by Crippen LogP contribution is 2.45. The van der Waals surface area contributed by atoms with Gasteiger partial charge in [-0.15, -0.1) is 0 Å². The molecule has 1 aliphatic heterocycles. The van der Waals surface area contributed by atoms with Crippen molar-refractivity contribution in [2.75, 3.05) is 66.2 Å². The van der Waals surface area contributed by atoms with Gasteiger partial charge in [-0.3, -0.25) is 48.1 Å². The zero-order valence-electron chi connectivity index (χ0n) is 74.0. The summed E-state index contributed by atoms with van der Waals surface area (Å²) in [6.07, 6.45) is -2.41. The SMILES string of the molecule is CC[C@H](C)[C@@H]([C@@H](CC(=O)N1CCC[C@H]1[C@H](OC)[C@@H](C)C(=O)N[C@H](C)[C@@H](O)c1ccccc1)OC)N(C)C(=O)[C@@H](NC(=O)[C@H](C(C)C)N(C)C(=O)OCc1ccc(NC(=O)[C@H](C)NC(=O)[C@@H](NC(=O)CCC(=O)Nc2ccc3c(c2)cc(CN(C)N(C)C(=O)OCC2c4ccccc4-c4ccccc42)n3CCC(=O)OC(C)(C)C)C(C)C)cc1)C(C)C. The van der Waals surface area contributed by atoms with Crippen LogP contribution in [0.15, 0.2) is 127 Å². The maximum atomic E-state index is 14.9. The first-order chi connectivity index (χ1) is 57.3. The molecule has 1 saturated heterocycles. The molecule has 1 aliphatic carbocycles. The summed E-state index contributed by atoms with van der Waals surface area (Å²) < 4.78 is 31.4. The summed E-state index contributed by atoms with van der Waals surface area (Å²) in [5, 5.41) is 31.8. The molecule has 2 aliphatic rings. The minimum Gasteiger partial charge on any atom is -0.460 e. The number of aliphatic hydroxyl groups is 1. The topological polar surface area (TPSA) is 347 Å². The van der Waals surface area contributed by atoms with Crippen LogP contribution >= 0.6 is 0 Å². The normalized spacial score (nSPS) is 16.1. The molecular weight excluding hydrogens is 1550 g/mol. The molecule has 121 heavy (non-hydrogen) atoms. The van der Waals surface area contributed by atoms with E-state index in [9.17, 15) is 57.8 Å². The third kappa shape index (κ3) is 25.2. The van der Waals surface area contributed by atoms with Gasteiger partial charge in [-0.25, -0.2) is 19.6 Å². The Kier molecular flexibility index (Phi) is 34.5. The predicted octanol–water partition coefficient (Wildman–Crippen LogP) is 11.5. The number of amides is 10. The van der Waals surface area contributed by atoms with Crippen molar-refractivity contribution in [3.63, 3.8) is 0 Å². The molecule has 29 nitrogen and oxygen atoms in total. The van der Waals surface area contributed by atoms with E-state index in [1.54, 1.807) is 161 Å². The quantitative estimate of drug-likeness (QED) is 0.0107. The number of rotatable bonds is 40. The molecule has 5 aromatic carbocycles. The standard InChI is InChI=1S/C92H128N12O17/c1-21-57(8)82(74(117-19)50-77(107)104-46-29-36-73(104)84(118-20)58(9)85(110)93-59(10)83(109)62-30-23-22-24-31-62)100(16)89(114)80(55(4)5)98-88(113)81(56(6)7)101(17)90(115)119-52-61-37-39-64(40-38-61)96-86(111)60(11)94-87(112)79(54(2)3)97-76(106)44-43-75(105)95-65-41-42-72-63(48-65)49-66(103(72)47-45-78(108)121-92(12,13)14)51-99(15)102(18)91(116)120-53-71-69-34-27-25-32-67(69)68-33-26-28-35-70(68)71/h22-28,30-35,37-42,48-49,54-60,71,73-74,79-84,109H,21,29,36,43-47,50-53H2,1-20H3,(H,93,110)(H,94,112)(H,95,105)(H,96,111)(H,97,106)(H,98,113)/t57-,58+,59+,60-,73-,74+,79-,80-,81-,82-,83+,84+/m0/s1. The Morgan fingerprint density at radius 1 is 0.603 bits per heavy atom. The number of aliphatic hydroxyl groups excluding tert-OH is 1. The first-order valence-corrected chi connectivity index (χ1v) is 42.1. The second-order valence-electron chi connectivity index (χ2n) is 34.1. The Labute approximate surface area is 712 Å². The van der Waals surface area contributed by atoms with Gasteiger partial charge in [0.25, 0.3) is 0 Å². The van der Waals surface area contributed by atoms with Crippen LogP contribution in [0.3, 0.4) is 0 Å². The summed E-state index contributed by atoms with van der Waals surface area (Å²) in [5.74, 6) is -6.49. The summed E-state index contributed by atoms with van der Waals surface area (Å²) in [5.41, 5.74) is 7.25. The second kappa shape index (κ2) is 43.7. The lowest BCUT2D eigenvalue weighted by atomic mass is 9.89. The average Bonchev–Trinajstić information content (AvgIpc) is 1.64. The van der Waals surface area contributed by atoms with Crippen LogP contribution in [0.5, 0.6) is 0 Å². The lowest BCUT2D eigenvalue weighted by Crippen LogP contribution is -2.60. The van der Waals surface area contributed by atoms with Gasteiger partial charge in [0.05, 0.1) is 61.7 Å². The van der Waals surface area contributed by atoms with Crippen LogP contribution < -0.4 is 31.9 Å². The van der Waals surface area contributed by atoms with E-state index < -0.39 is 138 Å². The van der Waals surface area contributed by atoms with E-state index >= 15 is 0 Å². The van der Waals surface area contributed by atoms with Gasteiger partial charge in [0.2, 0.25) is 47.3 Å². The van der Waals surface area contributed by atoms with Crippen LogP contribution in [-0.4, -0.2) is 215 Å². The molecule has 0 saturated carbocycles. The number of esters is 1. The van der Waals surface area contributed by atoms with Crippen LogP contribution in [0.25, 0.3) is 22.0 Å². The number of anilines is 2. The third-order valence-electron chi connectivity index (χ3n) is 23.0. The van der Waals surface area contributed by atoms with Gasteiger partial charge in [-0.05, 0) is 141 Å². The number of fused-ring (bicyclic) bond motifs is 4. The van der Waals surface area contributed by atoms with Gasteiger partial charge in [-0.1, -0.05) is 160 Å². The largest absolute Gasteiger partial charge is 0.460 e. The molecule has 658 valence electrons. The number of hydrogen-bond acceptors (Lipinski definition) is 18. The van der Waals surface area contributed by atoms with E-state index in [1.165, 1.54) is 38.1 Å². The van der Waals surface area contributed by atoms with E-state index in [0.717, 1.165) is 38.9 Å². The van der Waals surface area contributed by atoms with Crippen molar-refractivity contribution in [3.8, 4) is 11.1 Å². The van der Waals surface area contributed by atoms with Crippen LogP contribution in [-0.2, 0) is 86.5 Å². The number of benzene rings is 5. The van der Waals surface area contributed by atoms with Gasteiger partial charge in [0.15, 0.2) is 0 Å². The van der Waals surface area contributed by atoms with Crippen molar-refractivity contribution >= 4 is 87.7 Å². The van der Waals surface area contributed by atoms with Crippen molar-refractivity contribution in [1.29, 1.82) is 0 Å². The number of hydrazine groups is 1. The molecule has 0 radical (unpaired) electrons. The average molecular weight is 1670 g/mol. The third-order valence-corrected chi connectivity index (χ3v) is 23.0. The molecular formula is C92H128N12O17. The van der Waals surface area contributed by atoms with Gasteiger partial charge in [-0.2, -0.15) is 0 Å². The fourth-order valence-corrected chi connectivity index (χ4v) is 16.0. The van der Waals surface area contributed by atoms with Crippen molar-refractivity contribution in [2.24, 2.45) is 29.6 Å². The first-order valence-electron chi connectivity index (χ1n) is 42.1. The molecule has 8 rings (SSSR count). The number of aromatic nitrogens is 1. The lowest BCUT2D eigenvalue weighted by Gasteiger charge is -2.41. The van der Waals surface area contributed by atoms with Crippen molar-refractivity contribution in [3.05, 3.63) is 155 Å². The second-order valence-corrected chi connectivity index (χ2v) is 34.1. The monoisotopic (exact) mass is 1670 g/mol. The number of hydrogen-bond donors (Lipinski definition) is 7. The van der Waals surface area contributed by atoms with Crippen LogP contribution in [0.4, 0.5) is 21.0 Å². The molecule has 2 heterocycles. The van der Waals surface area contributed by atoms with Crippen LogP contribution in [0.2, 0.25) is 0 Å². The maximum Gasteiger partial charge on any atom is 0.424 e. The zero-order valence-corrected chi connectivity index (χ0v) is 74.0. The number of likely N-dealkylation sites (N-methyl/N-ethyl adjacent to an activating group) is 2. The van der Waals surface area contributed by atoms with Gasteiger partial charge in [0, 0.05) is 102 Å². The Balaban J connectivity index is 0.794. The zero-order chi connectivity index (χ0) is 89.0. The highest BCUT2D eigenvalue weighted by Gasteiger charge is 2.45. The van der Waals surface area contributed by atoms with Crippen molar-refractivity contribution in [2.45, 2.75) is 234 Å². The molecule has 1 fully saturated rings.